The van der Waals surface area contributed by atoms with Crippen molar-refractivity contribution in [1.82, 2.24) is 0 Å². The molecule has 5 rings (SSSR count). The van der Waals surface area contributed by atoms with E-state index in [9.17, 15) is 10.0 Å². The average molecular weight is 497 g/mol. The second-order valence-corrected chi connectivity index (χ2v) is 16.0. The lowest BCUT2D eigenvalue weighted by Crippen LogP contribution is -2.68. The minimum Gasteiger partial charge on any atom is -0.423 e. The van der Waals surface area contributed by atoms with E-state index in [0.717, 1.165) is 25.7 Å². The van der Waals surface area contributed by atoms with Gasteiger partial charge < -0.3 is 14.5 Å². The molecule has 0 amide bonds. The Hall–Kier alpha value is -2.44. The molecule has 2 N–H and O–H groups in total. The van der Waals surface area contributed by atoms with Crippen LogP contribution in [0.3, 0.4) is 0 Å². The van der Waals surface area contributed by atoms with Gasteiger partial charge >= 0.3 is 7.12 Å². The van der Waals surface area contributed by atoms with Crippen molar-refractivity contribution in [2.45, 2.75) is 69.9 Å². The maximum absolute atomic E-state index is 9.65. The number of hydrogen-bond acceptors (Lipinski definition) is 3. The molecule has 0 bridgehead atoms. The molecule has 3 aromatic carbocycles. The minimum atomic E-state index is -2.59. The normalized spacial score (nSPS) is 21.8. The number of allylic oxidation sites excluding steroid dienone is 1. The molecule has 186 valence electrons. The van der Waals surface area contributed by atoms with Crippen molar-refractivity contribution < 1.29 is 14.5 Å². The first-order chi connectivity index (χ1) is 17.1. The number of fused-ring (bicyclic) bond motifs is 3. The van der Waals surface area contributed by atoms with Crippen molar-refractivity contribution in [1.29, 1.82) is 0 Å². The summed E-state index contributed by atoms with van der Waals surface area (Å²) in [4.78, 5) is 0. The largest absolute Gasteiger partial charge is 0.488 e. The molecular weight excluding hydrogens is 459 g/mol. The van der Waals surface area contributed by atoms with Gasteiger partial charge in [0, 0.05) is 11.5 Å². The molecule has 2 aliphatic rings. The summed E-state index contributed by atoms with van der Waals surface area (Å²) in [6.45, 7) is 9.38. The van der Waals surface area contributed by atoms with Gasteiger partial charge in [-0.25, -0.2) is 0 Å². The third kappa shape index (κ3) is 4.22. The van der Waals surface area contributed by atoms with Crippen molar-refractivity contribution in [3.8, 4) is 0 Å². The van der Waals surface area contributed by atoms with Crippen LogP contribution in [-0.2, 0) is 16.3 Å². The van der Waals surface area contributed by atoms with Gasteiger partial charge in [-0.2, -0.15) is 0 Å². The SMILES string of the molecule is CC(C)(C)[Si](O[C@H]1CC[C@@]2(C)C(=CCc3cc(B(O)O)ccc32)C1)(c1ccccc1)c1ccccc1. The second kappa shape index (κ2) is 9.46. The van der Waals surface area contributed by atoms with Gasteiger partial charge in [0.25, 0.3) is 8.32 Å². The van der Waals surface area contributed by atoms with Crippen LogP contribution in [0, 0.1) is 0 Å². The Balaban J connectivity index is 1.51. The molecule has 2 aliphatic carbocycles. The highest BCUT2D eigenvalue weighted by Gasteiger charge is 2.52. The molecule has 3 aromatic rings. The minimum absolute atomic E-state index is 0.0299. The zero-order chi connectivity index (χ0) is 25.6. The Kier molecular flexibility index (Phi) is 6.63. The van der Waals surface area contributed by atoms with Crippen molar-refractivity contribution in [3.63, 3.8) is 0 Å². The first-order valence-electron chi connectivity index (χ1n) is 13.1. The van der Waals surface area contributed by atoms with E-state index < -0.39 is 15.4 Å². The highest BCUT2D eigenvalue weighted by molar-refractivity contribution is 6.99. The van der Waals surface area contributed by atoms with E-state index in [-0.39, 0.29) is 16.6 Å². The van der Waals surface area contributed by atoms with Crippen LogP contribution in [0.4, 0.5) is 0 Å². The van der Waals surface area contributed by atoms with Gasteiger partial charge in [0.2, 0.25) is 0 Å². The van der Waals surface area contributed by atoms with E-state index in [0.29, 0.717) is 5.46 Å². The Bertz CT molecular complexity index is 1210. The number of rotatable bonds is 5. The van der Waals surface area contributed by atoms with Crippen LogP contribution in [0.1, 0.15) is 58.1 Å². The van der Waals surface area contributed by atoms with Crippen LogP contribution in [0.25, 0.3) is 0 Å². The van der Waals surface area contributed by atoms with Crippen LogP contribution in [0.5, 0.6) is 0 Å². The molecule has 0 saturated heterocycles. The zero-order valence-electron chi connectivity index (χ0n) is 21.9. The second-order valence-electron chi connectivity index (χ2n) is 11.7. The van der Waals surface area contributed by atoms with Gasteiger partial charge in [-0.3, -0.25) is 0 Å². The average Bonchev–Trinajstić information content (AvgIpc) is 2.87. The highest BCUT2D eigenvalue weighted by Crippen LogP contribution is 2.49. The topological polar surface area (TPSA) is 49.7 Å². The molecule has 0 aromatic heterocycles. The predicted molar refractivity (Wildman–Crippen MR) is 152 cm³/mol. The van der Waals surface area contributed by atoms with Crippen LogP contribution in [-0.4, -0.2) is 31.6 Å². The maximum Gasteiger partial charge on any atom is 0.488 e. The lowest BCUT2D eigenvalue weighted by molar-refractivity contribution is 0.142. The smallest absolute Gasteiger partial charge is 0.423 e. The van der Waals surface area contributed by atoms with Crippen LogP contribution < -0.4 is 15.8 Å². The van der Waals surface area contributed by atoms with Gasteiger partial charge in [0.05, 0.1) is 0 Å². The Morgan fingerprint density at radius 2 is 1.53 bits per heavy atom. The molecule has 2 atom stereocenters. The van der Waals surface area contributed by atoms with E-state index in [1.165, 1.54) is 27.1 Å². The summed E-state index contributed by atoms with van der Waals surface area (Å²) in [5.74, 6) is 0. The van der Waals surface area contributed by atoms with Crippen LogP contribution >= 0.6 is 0 Å². The van der Waals surface area contributed by atoms with Crippen LogP contribution in [0.2, 0.25) is 5.04 Å². The summed E-state index contributed by atoms with van der Waals surface area (Å²) in [7, 11) is -4.02. The summed E-state index contributed by atoms with van der Waals surface area (Å²) in [5.41, 5.74) is 4.53. The molecule has 3 nitrogen and oxygen atoms in total. The van der Waals surface area contributed by atoms with Gasteiger partial charge in [0.15, 0.2) is 0 Å². The summed E-state index contributed by atoms with van der Waals surface area (Å²) >= 11 is 0. The van der Waals surface area contributed by atoms with E-state index in [1.807, 2.05) is 12.1 Å². The number of hydrogen-bond donors (Lipinski definition) is 2. The molecule has 1 fully saturated rings. The lowest BCUT2D eigenvalue weighted by Gasteiger charge is -2.49. The number of benzene rings is 3. The molecule has 0 heterocycles. The molecular formula is C31H37BO3Si. The molecule has 0 unspecified atom stereocenters. The molecule has 36 heavy (non-hydrogen) atoms. The van der Waals surface area contributed by atoms with Crippen molar-refractivity contribution in [3.05, 3.63) is 102 Å². The van der Waals surface area contributed by atoms with Crippen molar-refractivity contribution in [2.24, 2.45) is 0 Å². The summed E-state index contributed by atoms with van der Waals surface area (Å²) < 4.78 is 7.48. The molecule has 5 heteroatoms. The fourth-order valence-corrected chi connectivity index (χ4v) is 11.3. The third-order valence-corrected chi connectivity index (χ3v) is 13.6. The zero-order valence-corrected chi connectivity index (χ0v) is 22.9. The summed E-state index contributed by atoms with van der Waals surface area (Å²) in [6.07, 6.45) is 6.32. The molecule has 0 spiro atoms. The fourth-order valence-electron chi connectivity index (χ4n) is 6.56. The van der Waals surface area contributed by atoms with E-state index in [1.54, 1.807) is 0 Å². The van der Waals surface area contributed by atoms with E-state index in [2.05, 4.69) is 101 Å². The van der Waals surface area contributed by atoms with Gasteiger partial charge in [-0.05, 0) is 57.7 Å². The summed E-state index contributed by atoms with van der Waals surface area (Å²) in [6, 6.07) is 27.8. The first-order valence-corrected chi connectivity index (χ1v) is 15.0. The van der Waals surface area contributed by atoms with Crippen LogP contribution in [0.15, 0.2) is 90.5 Å². The highest BCUT2D eigenvalue weighted by atomic mass is 28.4. The van der Waals surface area contributed by atoms with Gasteiger partial charge in [0.1, 0.15) is 0 Å². The Morgan fingerprint density at radius 1 is 0.917 bits per heavy atom. The van der Waals surface area contributed by atoms with Gasteiger partial charge in [-0.15, -0.1) is 0 Å². The first kappa shape index (κ1) is 25.2. The summed E-state index contributed by atoms with van der Waals surface area (Å²) in [5, 5.41) is 21.9. The standard InChI is InChI=1S/C31H37BO3Si/c1-30(2,3)36(27-11-7-5-8-12-27,28-13-9-6-10-14-28)35-26-19-20-31(4)24(22-26)16-15-23-21-25(32(33)34)17-18-29(23)31/h5-14,16-18,21,26,33-34H,15,19-20,22H2,1-4H3/t26-,31-/m0/s1. The Labute approximate surface area is 217 Å². The molecule has 0 radical (unpaired) electrons. The van der Waals surface area contributed by atoms with Crippen molar-refractivity contribution >= 4 is 31.3 Å². The monoisotopic (exact) mass is 496 g/mol. The van der Waals surface area contributed by atoms with E-state index >= 15 is 0 Å². The van der Waals surface area contributed by atoms with E-state index in [4.69, 9.17) is 4.43 Å². The van der Waals surface area contributed by atoms with Gasteiger partial charge in [-0.1, -0.05) is 118 Å². The third-order valence-electron chi connectivity index (χ3n) is 8.47. The quantitative estimate of drug-likeness (QED) is 0.411. The predicted octanol–water partition coefficient (Wildman–Crippen LogP) is 4.24. The molecule has 1 saturated carbocycles. The maximum atomic E-state index is 9.65. The molecule has 0 aliphatic heterocycles. The Morgan fingerprint density at radius 3 is 2.08 bits per heavy atom. The lowest BCUT2D eigenvalue weighted by atomic mass is 9.62. The fraction of sp³-hybridized carbons (Fsp3) is 0.355. The van der Waals surface area contributed by atoms with Crippen molar-refractivity contribution in [2.75, 3.05) is 0 Å².